The molecule has 1 saturated heterocycles. The summed E-state index contributed by atoms with van der Waals surface area (Å²) in [4.78, 5) is 13.4. The average molecular weight is 408 g/mol. The third-order valence-electron chi connectivity index (χ3n) is 6.26. The van der Waals surface area contributed by atoms with Crippen LogP contribution in [0.25, 0.3) is 0 Å². The smallest absolute Gasteiger partial charge is 0.216 e. The van der Waals surface area contributed by atoms with Crippen LogP contribution in [-0.2, 0) is 19.6 Å². The maximum atomic E-state index is 12.5. The van der Waals surface area contributed by atoms with Crippen LogP contribution in [0.15, 0.2) is 35.5 Å². The van der Waals surface area contributed by atoms with E-state index in [2.05, 4.69) is 28.7 Å². The monoisotopic (exact) mass is 407 g/mol. The molecule has 2 unspecified atom stereocenters. The Kier molecular flexibility index (Phi) is 5.03. The summed E-state index contributed by atoms with van der Waals surface area (Å²) in [5.41, 5.74) is 2.37. The molecule has 1 amide bonds. The van der Waals surface area contributed by atoms with Gasteiger partial charge >= 0.3 is 0 Å². The molecule has 7 nitrogen and oxygen atoms in total. The minimum atomic E-state index is -3.47. The van der Waals surface area contributed by atoms with Crippen molar-refractivity contribution in [3.05, 3.63) is 35.5 Å². The normalized spacial score (nSPS) is 29.0. The molecule has 2 atom stereocenters. The van der Waals surface area contributed by atoms with Crippen LogP contribution >= 0.6 is 0 Å². The van der Waals surface area contributed by atoms with Crippen molar-refractivity contribution >= 4 is 15.9 Å². The van der Waals surface area contributed by atoms with E-state index in [0.29, 0.717) is 6.42 Å². The van der Waals surface area contributed by atoms with Crippen molar-refractivity contribution in [1.82, 2.24) is 14.5 Å². The maximum absolute atomic E-state index is 12.5. The SMILES string of the molecule is CC(=O)NCCN(C1CC23CCCCC2=CN2C=CCCC2=C3O1)S(C)(=O)=O. The fourth-order valence-electron chi connectivity index (χ4n) is 5.02. The Morgan fingerprint density at radius 1 is 1.39 bits per heavy atom. The Hall–Kier alpha value is -1.80. The van der Waals surface area contributed by atoms with Gasteiger partial charge in [-0.15, -0.1) is 0 Å². The fraction of sp³-hybridized carbons (Fsp3) is 0.650. The van der Waals surface area contributed by atoms with Crippen molar-refractivity contribution in [2.45, 2.75) is 58.1 Å². The van der Waals surface area contributed by atoms with E-state index in [9.17, 15) is 13.2 Å². The summed E-state index contributed by atoms with van der Waals surface area (Å²) < 4.78 is 32.9. The molecular weight excluding hydrogens is 378 g/mol. The van der Waals surface area contributed by atoms with E-state index in [4.69, 9.17) is 4.74 Å². The molecule has 0 bridgehead atoms. The molecule has 8 heteroatoms. The van der Waals surface area contributed by atoms with Crippen LogP contribution in [-0.4, -0.2) is 49.1 Å². The quantitative estimate of drug-likeness (QED) is 0.757. The van der Waals surface area contributed by atoms with Crippen LogP contribution in [0, 0.1) is 5.41 Å². The molecule has 4 rings (SSSR count). The maximum Gasteiger partial charge on any atom is 0.216 e. The zero-order valence-corrected chi connectivity index (χ0v) is 17.4. The highest BCUT2D eigenvalue weighted by atomic mass is 32.2. The molecule has 154 valence electrons. The number of carbonyl (C=O) groups is 1. The van der Waals surface area contributed by atoms with Crippen molar-refractivity contribution < 1.29 is 17.9 Å². The zero-order chi connectivity index (χ0) is 19.9. The van der Waals surface area contributed by atoms with E-state index < -0.39 is 16.3 Å². The first-order valence-electron chi connectivity index (χ1n) is 10.1. The summed E-state index contributed by atoms with van der Waals surface area (Å²) in [5.74, 6) is 0.812. The first-order chi connectivity index (χ1) is 13.3. The van der Waals surface area contributed by atoms with Gasteiger partial charge < -0.3 is 15.0 Å². The van der Waals surface area contributed by atoms with E-state index in [1.165, 1.54) is 28.8 Å². The second kappa shape index (κ2) is 7.22. The van der Waals surface area contributed by atoms with E-state index >= 15 is 0 Å². The van der Waals surface area contributed by atoms with Crippen molar-refractivity contribution in [2.24, 2.45) is 5.41 Å². The molecule has 28 heavy (non-hydrogen) atoms. The number of nitrogens with one attached hydrogen (secondary N) is 1. The standard InChI is InChI=1S/C20H29N3O4S/c1-15(24)21-10-12-23(28(2,25)26)18-13-20-9-5-3-7-16(20)14-22-11-6-4-8-17(22)19(20)27-18/h6,11,14,18H,3-5,7-10,12-13H2,1-2H3,(H,21,24). The van der Waals surface area contributed by atoms with E-state index in [1.54, 1.807) is 0 Å². The molecule has 1 spiro atoms. The van der Waals surface area contributed by atoms with Crippen LogP contribution in [0.4, 0.5) is 0 Å². The average Bonchev–Trinajstić information content (AvgIpc) is 3.01. The topological polar surface area (TPSA) is 79.0 Å². The molecule has 0 aromatic heterocycles. The predicted molar refractivity (Wildman–Crippen MR) is 106 cm³/mol. The number of hydrogen-bond acceptors (Lipinski definition) is 5. The Labute approximate surface area is 167 Å². The van der Waals surface area contributed by atoms with Gasteiger partial charge in [0.05, 0.1) is 17.4 Å². The summed E-state index contributed by atoms with van der Waals surface area (Å²) in [6, 6.07) is 0. The van der Waals surface area contributed by atoms with Crippen LogP contribution in [0.2, 0.25) is 0 Å². The second-order valence-corrected chi connectivity index (χ2v) is 10.1. The molecule has 2 fully saturated rings. The summed E-state index contributed by atoms with van der Waals surface area (Å²) >= 11 is 0. The van der Waals surface area contributed by atoms with Gasteiger partial charge in [-0.2, -0.15) is 4.31 Å². The molecule has 0 aromatic rings. The van der Waals surface area contributed by atoms with Crippen molar-refractivity contribution in [2.75, 3.05) is 19.3 Å². The Morgan fingerprint density at radius 3 is 2.96 bits per heavy atom. The minimum Gasteiger partial charge on any atom is -0.476 e. The lowest BCUT2D eigenvalue weighted by Crippen LogP contribution is -2.44. The zero-order valence-electron chi connectivity index (χ0n) is 16.6. The van der Waals surface area contributed by atoms with Crippen molar-refractivity contribution in [1.29, 1.82) is 0 Å². The van der Waals surface area contributed by atoms with E-state index in [-0.39, 0.29) is 24.4 Å². The predicted octanol–water partition coefficient (Wildman–Crippen LogP) is 2.41. The Balaban J connectivity index is 1.67. The van der Waals surface area contributed by atoms with E-state index in [0.717, 1.165) is 44.3 Å². The third-order valence-corrected chi connectivity index (χ3v) is 7.53. The number of hydrogen-bond donors (Lipinski definition) is 1. The van der Waals surface area contributed by atoms with Gasteiger partial charge in [0.1, 0.15) is 5.76 Å². The van der Waals surface area contributed by atoms with Crippen molar-refractivity contribution in [3.8, 4) is 0 Å². The molecular formula is C20H29N3O4S. The molecule has 4 aliphatic rings. The first-order valence-corrected chi connectivity index (χ1v) is 11.9. The lowest BCUT2D eigenvalue weighted by Gasteiger charge is -2.42. The Morgan fingerprint density at radius 2 is 2.21 bits per heavy atom. The molecule has 1 aliphatic carbocycles. The number of rotatable bonds is 5. The van der Waals surface area contributed by atoms with Gasteiger partial charge in [-0.3, -0.25) is 4.79 Å². The number of carbonyl (C=O) groups excluding carboxylic acids is 1. The highest BCUT2D eigenvalue weighted by Gasteiger charge is 2.54. The van der Waals surface area contributed by atoms with Gasteiger partial charge in [0.25, 0.3) is 0 Å². The number of amides is 1. The van der Waals surface area contributed by atoms with Crippen LogP contribution in [0.1, 0.15) is 51.9 Å². The van der Waals surface area contributed by atoms with Crippen LogP contribution in [0.3, 0.4) is 0 Å². The number of fused-ring (bicyclic) bond motifs is 1. The largest absolute Gasteiger partial charge is 0.476 e. The fourth-order valence-corrected chi connectivity index (χ4v) is 5.99. The summed E-state index contributed by atoms with van der Waals surface area (Å²) in [6.45, 7) is 1.92. The van der Waals surface area contributed by atoms with Crippen LogP contribution < -0.4 is 5.32 Å². The van der Waals surface area contributed by atoms with Gasteiger partial charge in [-0.25, -0.2) is 8.42 Å². The summed E-state index contributed by atoms with van der Waals surface area (Å²) in [5, 5.41) is 2.69. The second-order valence-electron chi connectivity index (χ2n) is 8.18. The lowest BCUT2D eigenvalue weighted by atomic mass is 9.66. The van der Waals surface area contributed by atoms with E-state index in [1.807, 2.05) is 0 Å². The molecule has 1 N–H and O–H groups in total. The van der Waals surface area contributed by atoms with Gasteiger partial charge in [0, 0.05) is 38.8 Å². The van der Waals surface area contributed by atoms with Crippen LogP contribution in [0.5, 0.6) is 0 Å². The molecule has 1 saturated carbocycles. The summed E-state index contributed by atoms with van der Waals surface area (Å²) in [7, 11) is -3.47. The minimum absolute atomic E-state index is 0.167. The molecule has 3 heterocycles. The summed E-state index contributed by atoms with van der Waals surface area (Å²) in [6.07, 6.45) is 14.1. The molecule has 3 aliphatic heterocycles. The number of nitrogens with zero attached hydrogens (tertiary/aromatic N) is 2. The third kappa shape index (κ3) is 3.37. The number of sulfonamides is 1. The van der Waals surface area contributed by atoms with Crippen molar-refractivity contribution in [3.63, 3.8) is 0 Å². The van der Waals surface area contributed by atoms with Gasteiger partial charge in [-0.05, 0) is 37.7 Å². The van der Waals surface area contributed by atoms with Gasteiger partial charge in [0.2, 0.25) is 15.9 Å². The number of allylic oxidation sites excluding steroid dienone is 3. The highest BCUT2D eigenvalue weighted by Crippen LogP contribution is 2.59. The number of ether oxygens (including phenoxy) is 1. The van der Waals surface area contributed by atoms with Gasteiger partial charge in [-0.1, -0.05) is 12.5 Å². The Bertz CT molecular complexity index is 861. The molecule has 0 aromatic carbocycles. The first kappa shape index (κ1) is 19.5. The van der Waals surface area contributed by atoms with Gasteiger partial charge in [0.15, 0.2) is 6.23 Å². The molecule has 0 radical (unpaired) electrons. The lowest BCUT2D eigenvalue weighted by molar-refractivity contribution is -0.119. The highest BCUT2D eigenvalue weighted by molar-refractivity contribution is 7.88.